The predicted octanol–water partition coefficient (Wildman–Crippen LogP) is 2.05. The molecule has 0 saturated carbocycles. The third-order valence-corrected chi connectivity index (χ3v) is 1.87. The highest BCUT2D eigenvalue weighted by Crippen LogP contribution is 1.99. The summed E-state index contributed by atoms with van der Waals surface area (Å²) in [7, 11) is 0. The second kappa shape index (κ2) is 9.88. The largest absolute Gasteiger partial charge is 0.375 e. The van der Waals surface area contributed by atoms with Gasteiger partial charge in [0.25, 0.3) is 6.43 Å². The number of halogens is 2. The van der Waals surface area contributed by atoms with Crippen LogP contribution in [0.2, 0.25) is 0 Å². The van der Waals surface area contributed by atoms with Gasteiger partial charge in [-0.1, -0.05) is 6.92 Å². The Labute approximate surface area is 90.4 Å². The molecule has 0 aromatic carbocycles. The highest BCUT2D eigenvalue weighted by molar-refractivity contribution is 4.98. The zero-order valence-corrected chi connectivity index (χ0v) is 9.35. The number of hydrogen-bond acceptors (Lipinski definition) is 2. The van der Waals surface area contributed by atoms with E-state index in [1.165, 1.54) is 0 Å². The predicted molar refractivity (Wildman–Crippen MR) is 57.0 cm³/mol. The van der Waals surface area contributed by atoms with Crippen LogP contribution in [0, 0.1) is 11.8 Å². The third kappa shape index (κ3) is 9.64. The van der Waals surface area contributed by atoms with Crippen LogP contribution in [0.5, 0.6) is 0 Å². The van der Waals surface area contributed by atoms with E-state index < -0.39 is 13.0 Å². The van der Waals surface area contributed by atoms with Gasteiger partial charge in [-0.3, -0.25) is 0 Å². The second-order valence-corrected chi connectivity index (χ2v) is 3.14. The van der Waals surface area contributed by atoms with Crippen LogP contribution >= 0.6 is 0 Å². The normalized spacial score (nSPS) is 12.3. The first-order valence-electron chi connectivity index (χ1n) is 5.19. The van der Waals surface area contributed by atoms with E-state index in [0.29, 0.717) is 6.61 Å². The van der Waals surface area contributed by atoms with Crippen molar-refractivity contribution in [3.8, 4) is 11.8 Å². The van der Waals surface area contributed by atoms with E-state index in [1.807, 2.05) is 6.92 Å². The van der Waals surface area contributed by atoms with Crippen molar-refractivity contribution in [2.24, 2.45) is 0 Å². The topological polar surface area (TPSA) is 21.3 Å². The summed E-state index contributed by atoms with van der Waals surface area (Å²) in [5, 5.41) is 3.24. The number of nitrogens with one attached hydrogen (secondary N) is 1. The fraction of sp³-hybridized carbons (Fsp3) is 0.818. The Balaban J connectivity index is 3.59. The smallest absolute Gasteiger partial charge is 0.261 e. The number of alkyl halides is 2. The molecule has 0 amide bonds. The molecule has 1 N–H and O–H groups in total. The maximum Gasteiger partial charge on any atom is 0.261 e. The maximum absolute atomic E-state index is 11.7. The van der Waals surface area contributed by atoms with Gasteiger partial charge >= 0.3 is 0 Å². The second-order valence-electron chi connectivity index (χ2n) is 3.14. The minimum Gasteiger partial charge on any atom is -0.375 e. The van der Waals surface area contributed by atoms with Crippen molar-refractivity contribution in [1.29, 1.82) is 0 Å². The Morgan fingerprint density at radius 3 is 2.67 bits per heavy atom. The molecule has 0 fully saturated rings. The summed E-state index contributed by atoms with van der Waals surface area (Å²) in [6, 6.07) is 0.236. The molecule has 0 bridgehead atoms. The van der Waals surface area contributed by atoms with Crippen molar-refractivity contribution in [3.63, 3.8) is 0 Å². The molecule has 1 unspecified atom stereocenters. The van der Waals surface area contributed by atoms with Crippen molar-refractivity contribution in [1.82, 2.24) is 5.32 Å². The third-order valence-electron chi connectivity index (χ3n) is 1.87. The molecule has 0 spiro atoms. The van der Waals surface area contributed by atoms with Crippen LogP contribution in [0.3, 0.4) is 0 Å². The average molecular weight is 219 g/mol. The van der Waals surface area contributed by atoms with E-state index in [1.54, 1.807) is 6.92 Å². The van der Waals surface area contributed by atoms with E-state index in [0.717, 1.165) is 19.4 Å². The van der Waals surface area contributed by atoms with E-state index in [4.69, 9.17) is 4.74 Å². The van der Waals surface area contributed by atoms with Crippen LogP contribution in [0.4, 0.5) is 8.78 Å². The Hall–Kier alpha value is -0.660. The van der Waals surface area contributed by atoms with Gasteiger partial charge in [0.05, 0.1) is 0 Å². The highest BCUT2D eigenvalue weighted by Gasteiger charge is 2.06. The molecule has 0 aromatic rings. The standard InChI is InChI=1S/C11H19F2NO/c1-3-5-6-10(14-4-2)7-8-15-9-11(12)13/h10-11,14H,4,6-9H2,1-2H3. The number of ether oxygens (including phenoxy) is 1. The summed E-state index contributed by atoms with van der Waals surface area (Å²) < 4.78 is 28.3. The van der Waals surface area contributed by atoms with E-state index in [9.17, 15) is 8.78 Å². The Morgan fingerprint density at radius 1 is 1.40 bits per heavy atom. The van der Waals surface area contributed by atoms with Gasteiger partial charge in [-0.05, 0) is 19.9 Å². The van der Waals surface area contributed by atoms with Gasteiger partial charge in [-0.2, -0.15) is 0 Å². The van der Waals surface area contributed by atoms with Crippen LogP contribution in [0.15, 0.2) is 0 Å². The number of rotatable bonds is 8. The summed E-state index contributed by atoms with van der Waals surface area (Å²) in [5.74, 6) is 5.78. The van der Waals surface area contributed by atoms with Gasteiger partial charge in [-0.25, -0.2) is 8.78 Å². The van der Waals surface area contributed by atoms with Crippen molar-refractivity contribution in [3.05, 3.63) is 0 Å². The van der Waals surface area contributed by atoms with Gasteiger partial charge in [-0.15, -0.1) is 11.8 Å². The summed E-state index contributed by atoms with van der Waals surface area (Å²) >= 11 is 0. The minimum atomic E-state index is -2.38. The first-order chi connectivity index (χ1) is 7.20. The van der Waals surface area contributed by atoms with Crippen LogP contribution in [-0.4, -0.2) is 32.2 Å². The van der Waals surface area contributed by atoms with Gasteiger partial charge in [0.15, 0.2) is 0 Å². The molecule has 0 aromatic heterocycles. The summed E-state index contributed by atoms with van der Waals surface area (Å²) in [5.41, 5.74) is 0. The molecule has 0 heterocycles. The lowest BCUT2D eigenvalue weighted by atomic mass is 10.1. The van der Waals surface area contributed by atoms with Crippen LogP contribution < -0.4 is 5.32 Å². The summed E-state index contributed by atoms with van der Waals surface area (Å²) in [4.78, 5) is 0. The quantitative estimate of drug-likeness (QED) is 0.498. The Morgan fingerprint density at radius 2 is 2.13 bits per heavy atom. The van der Waals surface area contributed by atoms with Crippen molar-refractivity contribution >= 4 is 0 Å². The molecule has 0 aliphatic heterocycles. The Kier molecular flexibility index (Phi) is 9.44. The van der Waals surface area contributed by atoms with E-state index >= 15 is 0 Å². The molecular formula is C11H19F2NO. The first kappa shape index (κ1) is 14.3. The average Bonchev–Trinajstić information content (AvgIpc) is 2.20. The molecule has 0 aliphatic rings. The lowest BCUT2D eigenvalue weighted by Crippen LogP contribution is -2.30. The fourth-order valence-electron chi connectivity index (χ4n) is 1.19. The van der Waals surface area contributed by atoms with Gasteiger partial charge in [0.2, 0.25) is 0 Å². The molecule has 1 atom stereocenters. The van der Waals surface area contributed by atoms with Gasteiger partial charge < -0.3 is 10.1 Å². The van der Waals surface area contributed by atoms with Crippen molar-refractivity contribution in [2.45, 2.75) is 39.2 Å². The molecule has 0 rings (SSSR count). The monoisotopic (exact) mass is 219 g/mol. The van der Waals surface area contributed by atoms with Crippen LogP contribution in [0.1, 0.15) is 26.7 Å². The Bertz CT molecular complexity index is 198. The first-order valence-corrected chi connectivity index (χ1v) is 5.19. The minimum absolute atomic E-state index is 0.236. The summed E-state index contributed by atoms with van der Waals surface area (Å²) in [6.45, 7) is 4.53. The molecule has 0 saturated heterocycles. The number of hydrogen-bond donors (Lipinski definition) is 1. The van der Waals surface area contributed by atoms with Crippen molar-refractivity contribution < 1.29 is 13.5 Å². The maximum atomic E-state index is 11.7. The van der Waals surface area contributed by atoms with E-state index in [2.05, 4.69) is 17.2 Å². The summed E-state index contributed by atoms with van der Waals surface area (Å²) in [6.07, 6.45) is -0.921. The van der Waals surface area contributed by atoms with Gasteiger partial charge in [0, 0.05) is 19.1 Å². The lowest BCUT2D eigenvalue weighted by molar-refractivity contribution is 0.0145. The van der Waals surface area contributed by atoms with Crippen molar-refractivity contribution in [2.75, 3.05) is 19.8 Å². The van der Waals surface area contributed by atoms with Crippen LogP contribution in [-0.2, 0) is 4.74 Å². The zero-order chi connectivity index (χ0) is 11.5. The molecule has 0 radical (unpaired) electrons. The molecular weight excluding hydrogens is 200 g/mol. The molecule has 88 valence electrons. The SMILES string of the molecule is CC#CCC(CCOCC(F)F)NCC. The van der Waals surface area contributed by atoms with Gasteiger partial charge in [0.1, 0.15) is 6.61 Å². The van der Waals surface area contributed by atoms with E-state index in [-0.39, 0.29) is 6.04 Å². The molecule has 4 heteroatoms. The fourth-order valence-corrected chi connectivity index (χ4v) is 1.19. The lowest BCUT2D eigenvalue weighted by Gasteiger charge is -2.14. The molecule has 15 heavy (non-hydrogen) atoms. The highest BCUT2D eigenvalue weighted by atomic mass is 19.3. The molecule has 2 nitrogen and oxygen atoms in total. The zero-order valence-electron chi connectivity index (χ0n) is 9.35. The van der Waals surface area contributed by atoms with Crippen LogP contribution in [0.25, 0.3) is 0 Å². The molecule has 0 aliphatic carbocycles.